The zero-order chi connectivity index (χ0) is 25.4. The molecule has 36 heavy (non-hydrogen) atoms. The quantitative estimate of drug-likeness (QED) is 0.419. The molecule has 4 unspecified atom stereocenters. The van der Waals surface area contributed by atoms with E-state index >= 15 is 0 Å². The number of nitrogens with zero attached hydrogens (tertiary/aromatic N) is 2. The second-order valence-corrected chi connectivity index (χ2v) is 11.3. The lowest BCUT2D eigenvalue weighted by Gasteiger charge is -2.43. The van der Waals surface area contributed by atoms with E-state index in [0.717, 1.165) is 57.4 Å². The number of pyridine rings is 1. The summed E-state index contributed by atoms with van der Waals surface area (Å²) in [6.45, 7) is 6.22. The molecular weight excluding hydrogens is 458 g/mol. The molecule has 0 spiro atoms. The summed E-state index contributed by atoms with van der Waals surface area (Å²) in [4.78, 5) is 32.2. The molecule has 1 amide bonds. The number of rotatable bonds is 8. The Bertz CT molecular complexity index is 1040. The van der Waals surface area contributed by atoms with E-state index in [-0.39, 0.29) is 35.7 Å². The predicted molar refractivity (Wildman–Crippen MR) is 136 cm³/mol. The highest BCUT2D eigenvalue weighted by Gasteiger charge is 2.59. The van der Waals surface area contributed by atoms with Crippen LogP contribution in [0.3, 0.4) is 0 Å². The Morgan fingerprint density at radius 2 is 2.14 bits per heavy atom. The molecule has 8 nitrogen and oxygen atoms in total. The van der Waals surface area contributed by atoms with Gasteiger partial charge in [0, 0.05) is 25.4 Å². The van der Waals surface area contributed by atoms with Crippen molar-refractivity contribution in [1.29, 1.82) is 0 Å². The van der Waals surface area contributed by atoms with Gasteiger partial charge in [0.1, 0.15) is 11.4 Å². The van der Waals surface area contributed by atoms with Crippen LogP contribution in [0, 0.1) is 23.7 Å². The van der Waals surface area contributed by atoms with Crippen molar-refractivity contribution in [2.75, 3.05) is 31.7 Å². The fourth-order valence-electron chi connectivity index (χ4n) is 7.05. The highest BCUT2D eigenvalue weighted by molar-refractivity contribution is 5.97. The zero-order valence-electron chi connectivity index (χ0n) is 21.7. The summed E-state index contributed by atoms with van der Waals surface area (Å²) in [5.41, 5.74) is 1.04. The number of aliphatic hydroxyl groups is 1. The molecule has 2 bridgehead atoms. The maximum absolute atomic E-state index is 13.5. The number of hydrogen-bond acceptors (Lipinski definition) is 7. The van der Waals surface area contributed by atoms with Gasteiger partial charge in [-0.1, -0.05) is 19.9 Å². The molecule has 1 aromatic rings. The van der Waals surface area contributed by atoms with Crippen molar-refractivity contribution in [1.82, 2.24) is 10.3 Å². The van der Waals surface area contributed by atoms with Gasteiger partial charge in [-0.25, -0.2) is 0 Å². The number of amides is 1. The summed E-state index contributed by atoms with van der Waals surface area (Å²) in [6, 6.07) is 3.66. The second-order valence-electron chi connectivity index (χ2n) is 11.3. The zero-order valence-corrected chi connectivity index (χ0v) is 21.7. The van der Waals surface area contributed by atoms with Crippen molar-refractivity contribution in [3.8, 4) is 5.88 Å². The van der Waals surface area contributed by atoms with Crippen LogP contribution in [0.25, 0.3) is 0 Å². The summed E-state index contributed by atoms with van der Waals surface area (Å²) in [7, 11) is 1.42. The number of piperidine rings is 1. The van der Waals surface area contributed by atoms with Crippen LogP contribution in [0.15, 0.2) is 23.8 Å². The number of aromatic nitrogens is 1. The van der Waals surface area contributed by atoms with E-state index in [2.05, 4.69) is 23.2 Å². The number of ether oxygens (including phenoxy) is 2. The number of fused-ring (bicyclic) bond motifs is 1. The lowest BCUT2D eigenvalue weighted by atomic mass is 9.69. The SMILES string of the molecule is CCCOc1nc(N2CCC[C@@H](CC(=O)OC)C2)ccc1C(=O)NC1C2=CC(C)C[C@@]3(O)CC1CC23. The standard InChI is InChI=1S/C28H39N3O5/c1-4-10-36-27-20(7-8-23(29-27)31-9-5-6-18(16-31)12-24(32)35-3)26(33)30-25-19-13-22-21(25)11-17(2)14-28(22,34)15-19/h7-8,11,17-19,22,25,34H,4-6,9-10,12-16H2,1-3H3,(H,30,33)/t17?,18-,19?,22?,25?,28+/m0/s1. The number of methoxy groups -OCH3 is 1. The summed E-state index contributed by atoms with van der Waals surface area (Å²) < 4.78 is 10.8. The van der Waals surface area contributed by atoms with Crippen LogP contribution in [0.2, 0.25) is 0 Å². The molecule has 196 valence electrons. The Morgan fingerprint density at radius 3 is 2.92 bits per heavy atom. The minimum Gasteiger partial charge on any atom is -0.477 e. The van der Waals surface area contributed by atoms with E-state index in [1.54, 1.807) is 0 Å². The molecule has 3 fully saturated rings. The van der Waals surface area contributed by atoms with E-state index in [1.807, 2.05) is 19.1 Å². The molecule has 8 heteroatoms. The highest BCUT2D eigenvalue weighted by Crippen LogP contribution is 2.58. The molecule has 1 aromatic heterocycles. The Balaban J connectivity index is 1.33. The fourth-order valence-corrected chi connectivity index (χ4v) is 7.05. The number of nitrogens with one attached hydrogen (secondary N) is 1. The van der Waals surface area contributed by atoms with Gasteiger partial charge in [-0.2, -0.15) is 4.98 Å². The van der Waals surface area contributed by atoms with Crippen molar-refractivity contribution in [2.24, 2.45) is 23.7 Å². The molecular formula is C28H39N3O5. The van der Waals surface area contributed by atoms with E-state index in [0.29, 0.717) is 30.4 Å². The van der Waals surface area contributed by atoms with Crippen LogP contribution in [-0.2, 0) is 9.53 Å². The average molecular weight is 498 g/mol. The molecule has 0 radical (unpaired) electrons. The van der Waals surface area contributed by atoms with Crippen LogP contribution < -0.4 is 15.0 Å². The monoisotopic (exact) mass is 497 g/mol. The van der Waals surface area contributed by atoms with Crippen molar-refractivity contribution in [3.63, 3.8) is 0 Å². The van der Waals surface area contributed by atoms with Crippen LogP contribution in [0.1, 0.15) is 69.2 Å². The third-order valence-corrected chi connectivity index (χ3v) is 8.53. The van der Waals surface area contributed by atoms with Crippen LogP contribution >= 0.6 is 0 Å². The van der Waals surface area contributed by atoms with Gasteiger partial charge in [0.25, 0.3) is 5.91 Å². The Kier molecular flexibility index (Phi) is 6.99. The van der Waals surface area contributed by atoms with Gasteiger partial charge in [-0.05, 0) is 74.0 Å². The number of carbonyl (C=O) groups is 2. The second kappa shape index (κ2) is 10.0. The normalized spacial score (nSPS) is 32.7. The third kappa shape index (κ3) is 4.72. The first-order chi connectivity index (χ1) is 17.3. The lowest BCUT2D eigenvalue weighted by molar-refractivity contribution is -0.141. The Hall–Kier alpha value is -2.61. The van der Waals surface area contributed by atoms with E-state index in [1.165, 1.54) is 12.7 Å². The van der Waals surface area contributed by atoms with Crippen molar-refractivity contribution >= 4 is 17.7 Å². The first-order valence-corrected chi connectivity index (χ1v) is 13.5. The van der Waals surface area contributed by atoms with Crippen molar-refractivity contribution < 1.29 is 24.2 Å². The number of allylic oxidation sites excluding steroid dienone is 1. The molecule has 3 aliphatic carbocycles. The topological polar surface area (TPSA) is 101 Å². The first kappa shape index (κ1) is 25.1. The summed E-state index contributed by atoms with van der Waals surface area (Å²) in [5.74, 6) is 1.73. The number of hydrogen-bond donors (Lipinski definition) is 2. The Labute approximate surface area is 213 Å². The van der Waals surface area contributed by atoms with Crippen LogP contribution in [-0.4, -0.2) is 60.4 Å². The van der Waals surface area contributed by atoms with E-state index in [4.69, 9.17) is 14.5 Å². The summed E-state index contributed by atoms with van der Waals surface area (Å²) >= 11 is 0. The molecule has 1 aliphatic heterocycles. The lowest BCUT2D eigenvalue weighted by Crippen LogP contribution is -2.50. The van der Waals surface area contributed by atoms with Gasteiger partial charge >= 0.3 is 5.97 Å². The molecule has 4 aliphatic rings. The average Bonchev–Trinajstić information content (AvgIpc) is 3.38. The van der Waals surface area contributed by atoms with Gasteiger partial charge in [-0.3, -0.25) is 9.59 Å². The van der Waals surface area contributed by atoms with Gasteiger partial charge in [-0.15, -0.1) is 0 Å². The number of esters is 1. The Morgan fingerprint density at radius 1 is 1.31 bits per heavy atom. The van der Waals surface area contributed by atoms with E-state index < -0.39 is 5.60 Å². The summed E-state index contributed by atoms with van der Waals surface area (Å²) in [5, 5.41) is 14.4. The number of carbonyl (C=O) groups excluding carboxylic acids is 2. The molecule has 2 N–H and O–H groups in total. The van der Waals surface area contributed by atoms with Gasteiger partial charge in [0.15, 0.2) is 0 Å². The summed E-state index contributed by atoms with van der Waals surface area (Å²) in [6.07, 6.45) is 7.95. The minimum absolute atomic E-state index is 0.0367. The van der Waals surface area contributed by atoms with E-state index in [9.17, 15) is 14.7 Å². The van der Waals surface area contributed by atoms with Crippen LogP contribution in [0.5, 0.6) is 5.88 Å². The smallest absolute Gasteiger partial charge is 0.305 e. The van der Waals surface area contributed by atoms with Gasteiger partial charge < -0.3 is 24.8 Å². The largest absolute Gasteiger partial charge is 0.477 e. The van der Waals surface area contributed by atoms with Gasteiger partial charge in [0.05, 0.1) is 25.4 Å². The van der Waals surface area contributed by atoms with Crippen molar-refractivity contribution in [3.05, 3.63) is 29.3 Å². The molecule has 1 saturated heterocycles. The maximum atomic E-state index is 13.5. The minimum atomic E-state index is -0.603. The predicted octanol–water partition coefficient (Wildman–Crippen LogP) is 3.49. The molecule has 2 heterocycles. The fraction of sp³-hybridized carbons (Fsp3) is 0.679. The molecule has 2 saturated carbocycles. The number of anilines is 1. The highest BCUT2D eigenvalue weighted by atomic mass is 16.5. The maximum Gasteiger partial charge on any atom is 0.305 e. The first-order valence-electron chi connectivity index (χ1n) is 13.5. The van der Waals surface area contributed by atoms with Crippen molar-refractivity contribution in [2.45, 2.75) is 70.4 Å². The molecule has 0 aromatic carbocycles. The molecule has 5 rings (SSSR count). The third-order valence-electron chi connectivity index (χ3n) is 8.53. The molecule has 6 atom stereocenters. The van der Waals surface area contributed by atoms with Gasteiger partial charge in [0.2, 0.25) is 5.88 Å². The van der Waals surface area contributed by atoms with Crippen LogP contribution in [0.4, 0.5) is 5.82 Å².